The summed E-state index contributed by atoms with van der Waals surface area (Å²) >= 11 is 4.52. The zero-order valence-corrected chi connectivity index (χ0v) is 9.85. The van der Waals surface area contributed by atoms with Crippen molar-refractivity contribution >= 4 is 23.5 Å². The summed E-state index contributed by atoms with van der Waals surface area (Å²) in [6, 6.07) is 2.31. The minimum absolute atomic E-state index is 0.0196. The minimum atomic E-state index is -1.02. The van der Waals surface area contributed by atoms with Crippen LogP contribution in [0.2, 0.25) is 0 Å². The van der Waals surface area contributed by atoms with Gasteiger partial charge in [-0.15, -0.1) is 0 Å². The predicted octanol–water partition coefficient (Wildman–Crippen LogP) is 1.53. The lowest BCUT2D eigenvalue weighted by Gasteiger charge is -2.06. The molecule has 4 nitrogen and oxygen atoms in total. The van der Waals surface area contributed by atoms with Crippen molar-refractivity contribution in [1.29, 1.82) is 0 Å². The lowest BCUT2D eigenvalue weighted by Crippen LogP contribution is -2.24. The third-order valence-electron chi connectivity index (χ3n) is 1.71. The van der Waals surface area contributed by atoms with E-state index in [9.17, 15) is 8.78 Å². The lowest BCUT2D eigenvalue weighted by atomic mass is 10.2. The number of nitrogens with one attached hydrogen (secondary N) is 1. The molecular formula is C10H11F2N3OS. The maximum atomic E-state index is 13.2. The van der Waals surface area contributed by atoms with Crippen LogP contribution in [0.4, 0.5) is 8.78 Å². The van der Waals surface area contributed by atoms with Crippen molar-refractivity contribution in [2.45, 2.75) is 6.92 Å². The van der Waals surface area contributed by atoms with Crippen LogP contribution in [0.1, 0.15) is 12.5 Å². The van der Waals surface area contributed by atoms with Crippen molar-refractivity contribution < 1.29 is 13.5 Å². The van der Waals surface area contributed by atoms with E-state index >= 15 is 0 Å². The summed E-state index contributed by atoms with van der Waals surface area (Å²) in [5.74, 6) is -2.19. The van der Waals surface area contributed by atoms with Crippen molar-refractivity contribution in [3.63, 3.8) is 0 Å². The largest absolute Gasteiger partial charge is 0.491 e. The molecule has 0 amide bonds. The number of rotatable bonds is 4. The summed E-state index contributed by atoms with van der Waals surface area (Å²) in [5.41, 5.74) is 7.77. The number of ether oxygens (including phenoxy) is 1. The van der Waals surface area contributed by atoms with Gasteiger partial charge in [0.2, 0.25) is 5.82 Å². The van der Waals surface area contributed by atoms with Crippen molar-refractivity contribution in [3.8, 4) is 5.75 Å². The van der Waals surface area contributed by atoms with Crippen molar-refractivity contribution in [2.75, 3.05) is 6.61 Å². The van der Waals surface area contributed by atoms with E-state index in [2.05, 4.69) is 22.7 Å². The van der Waals surface area contributed by atoms with E-state index in [1.807, 2.05) is 0 Å². The quantitative estimate of drug-likeness (QED) is 0.489. The minimum Gasteiger partial charge on any atom is -0.491 e. The summed E-state index contributed by atoms with van der Waals surface area (Å²) in [4.78, 5) is 0. The van der Waals surface area contributed by atoms with Crippen LogP contribution in [-0.4, -0.2) is 17.9 Å². The molecule has 0 atom stereocenters. The van der Waals surface area contributed by atoms with Crippen LogP contribution in [0, 0.1) is 11.6 Å². The molecule has 1 aromatic rings. The van der Waals surface area contributed by atoms with E-state index < -0.39 is 11.6 Å². The Balaban J connectivity index is 2.93. The number of hydrogen-bond donors (Lipinski definition) is 2. The first-order chi connectivity index (χ1) is 8.04. The highest BCUT2D eigenvalue weighted by atomic mass is 32.1. The number of hydrogen-bond acceptors (Lipinski definition) is 3. The fourth-order valence-corrected chi connectivity index (χ4v) is 1.14. The Bertz CT molecular complexity index is 451. The lowest BCUT2D eigenvalue weighted by molar-refractivity contribution is 0.314. The van der Waals surface area contributed by atoms with Crippen molar-refractivity contribution in [2.24, 2.45) is 10.8 Å². The first kappa shape index (κ1) is 13.3. The summed E-state index contributed by atoms with van der Waals surface area (Å²) in [6.07, 6.45) is 1.25. The molecule has 0 aromatic heterocycles. The van der Waals surface area contributed by atoms with Gasteiger partial charge in [0.1, 0.15) is 0 Å². The van der Waals surface area contributed by atoms with E-state index in [0.717, 1.165) is 6.07 Å². The van der Waals surface area contributed by atoms with Crippen LogP contribution in [-0.2, 0) is 0 Å². The molecule has 1 rings (SSSR count). The van der Waals surface area contributed by atoms with Gasteiger partial charge in [-0.25, -0.2) is 4.39 Å². The van der Waals surface area contributed by atoms with Gasteiger partial charge in [0.15, 0.2) is 16.7 Å². The maximum absolute atomic E-state index is 13.2. The topological polar surface area (TPSA) is 59.6 Å². The molecule has 3 N–H and O–H groups in total. The second-order valence-corrected chi connectivity index (χ2v) is 3.42. The Kier molecular flexibility index (Phi) is 4.77. The Labute approximate surface area is 102 Å². The van der Waals surface area contributed by atoms with E-state index in [0.29, 0.717) is 5.56 Å². The molecule has 0 aliphatic carbocycles. The Morgan fingerprint density at radius 1 is 1.59 bits per heavy atom. The summed E-state index contributed by atoms with van der Waals surface area (Å²) < 4.78 is 31.3. The summed E-state index contributed by atoms with van der Waals surface area (Å²) in [6.45, 7) is 1.91. The molecule has 0 bridgehead atoms. The molecule has 0 spiro atoms. The molecule has 0 aliphatic heterocycles. The van der Waals surface area contributed by atoms with E-state index in [4.69, 9.17) is 10.5 Å². The third kappa shape index (κ3) is 3.95. The Hall–Kier alpha value is -1.76. The highest BCUT2D eigenvalue weighted by molar-refractivity contribution is 7.80. The monoisotopic (exact) mass is 259 g/mol. The van der Waals surface area contributed by atoms with Crippen LogP contribution >= 0.6 is 12.2 Å². The maximum Gasteiger partial charge on any atom is 0.200 e. The van der Waals surface area contributed by atoms with Gasteiger partial charge in [-0.05, 0) is 31.3 Å². The molecule has 7 heteroatoms. The number of hydrazone groups is 1. The van der Waals surface area contributed by atoms with Crippen molar-refractivity contribution in [1.82, 2.24) is 5.43 Å². The molecule has 0 aliphatic rings. The summed E-state index contributed by atoms with van der Waals surface area (Å²) in [5, 5.41) is 3.61. The van der Waals surface area contributed by atoms with Gasteiger partial charge in [0.25, 0.3) is 0 Å². The molecule has 0 saturated heterocycles. The van der Waals surface area contributed by atoms with Crippen LogP contribution in [0.15, 0.2) is 17.2 Å². The zero-order valence-electron chi connectivity index (χ0n) is 9.04. The third-order valence-corrected chi connectivity index (χ3v) is 1.80. The highest BCUT2D eigenvalue weighted by Crippen LogP contribution is 2.21. The fourth-order valence-electron chi connectivity index (χ4n) is 1.09. The number of benzene rings is 1. The number of nitrogens with two attached hydrogens (primary N) is 1. The van der Waals surface area contributed by atoms with E-state index in [1.165, 1.54) is 12.3 Å². The first-order valence-corrected chi connectivity index (χ1v) is 5.15. The van der Waals surface area contributed by atoms with E-state index in [-0.39, 0.29) is 17.5 Å². The molecule has 0 unspecified atom stereocenters. The van der Waals surface area contributed by atoms with Gasteiger partial charge >= 0.3 is 0 Å². The standard InChI is InChI=1S/C10H11F2N3OS/c1-2-16-8-4-6(3-7(11)9(8)12)5-14-15-10(13)17/h3-5H,2H2,1H3,(H3,13,15,17). The van der Waals surface area contributed by atoms with Gasteiger partial charge in [0, 0.05) is 5.56 Å². The van der Waals surface area contributed by atoms with Crippen LogP contribution in [0.5, 0.6) is 5.75 Å². The first-order valence-electron chi connectivity index (χ1n) is 4.75. The van der Waals surface area contributed by atoms with Gasteiger partial charge in [-0.2, -0.15) is 9.49 Å². The highest BCUT2D eigenvalue weighted by Gasteiger charge is 2.10. The Morgan fingerprint density at radius 3 is 2.88 bits per heavy atom. The van der Waals surface area contributed by atoms with Crippen molar-refractivity contribution in [3.05, 3.63) is 29.3 Å². The molecule has 0 fully saturated rings. The van der Waals surface area contributed by atoms with Gasteiger partial charge in [0.05, 0.1) is 12.8 Å². The number of nitrogens with zero attached hydrogens (tertiary/aromatic N) is 1. The number of halogens is 2. The Morgan fingerprint density at radius 2 is 2.29 bits per heavy atom. The molecular weight excluding hydrogens is 248 g/mol. The second kappa shape index (κ2) is 6.09. The SMILES string of the molecule is CCOc1cc(C=NNC(N)=S)cc(F)c1F. The van der Waals surface area contributed by atoms with E-state index in [1.54, 1.807) is 6.92 Å². The molecule has 0 saturated carbocycles. The molecule has 1 aromatic carbocycles. The summed E-state index contributed by atoms with van der Waals surface area (Å²) in [7, 11) is 0. The normalized spacial score (nSPS) is 10.5. The zero-order chi connectivity index (χ0) is 12.8. The molecule has 92 valence electrons. The van der Waals surface area contributed by atoms with Crippen LogP contribution in [0.3, 0.4) is 0 Å². The number of thiocarbonyl (C=S) groups is 1. The average molecular weight is 259 g/mol. The second-order valence-electron chi connectivity index (χ2n) is 2.98. The van der Waals surface area contributed by atoms with Gasteiger partial charge < -0.3 is 10.5 Å². The van der Waals surface area contributed by atoms with Gasteiger partial charge in [-0.3, -0.25) is 5.43 Å². The molecule has 0 heterocycles. The van der Waals surface area contributed by atoms with Gasteiger partial charge in [-0.1, -0.05) is 0 Å². The predicted molar refractivity (Wildman–Crippen MR) is 65.0 cm³/mol. The molecule has 0 radical (unpaired) electrons. The fraction of sp³-hybridized carbons (Fsp3) is 0.200. The van der Waals surface area contributed by atoms with Crippen LogP contribution in [0.25, 0.3) is 0 Å². The average Bonchev–Trinajstić information content (AvgIpc) is 2.25. The smallest absolute Gasteiger partial charge is 0.200 e. The molecule has 17 heavy (non-hydrogen) atoms. The van der Waals surface area contributed by atoms with Crippen LogP contribution < -0.4 is 15.9 Å².